The molecular formula is C23H28Cl2N2O4S. The minimum Gasteiger partial charge on any atom is -0.497 e. The molecule has 32 heavy (non-hydrogen) atoms. The van der Waals surface area contributed by atoms with Gasteiger partial charge in [-0.25, -0.2) is 12.7 Å². The summed E-state index contributed by atoms with van der Waals surface area (Å²) in [5.74, 6) is 0.00767. The first-order valence-electron chi connectivity index (χ1n) is 10.6. The van der Waals surface area contributed by atoms with E-state index in [1.54, 1.807) is 19.2 Å². The second-order valence-corrected chi connectivity index (χ2v) is 10.7. The van der Waals surface area contributed by atoms with Crippen molar-refractivity contribution in [1.82, 2.24) is 9.62 Å². The topological polar surface area (TPSA) is 75.7 Å². The number of benzene rings is 2. The number of nitrogens with one attached hydrogen (secondary N) is 1. The number of sulfonamides is 1. The van der Waals surface area contributed by atoms with Crippen LogP contribution in [0.25, 0.3) is 0 Å². The molecule has 3 rings (SSSR count). The third-order valence-electron chi connectivity index (χ3n) is 5.74. The van der Waals surface area contributed by atoms with Crippen LogP contribution >= 0.6 is 23.2 Å². The SMILES string of the molecule is CC[C@@H](NC(=O)[C@@H]1CCCN(S(=O)(=O)Cc2ccc(Cl)cc2Cl)C1)c1ccc(OC)cc1. The van der Waals surface area contributed by atoms with E-state index in [4.69, 9.17) is 27.9 Å². The fourth-order valence-corrected chi connectivity index (χ4v) is 6.08. The maximum Gasteiger partial charge on any atom is 0.224 e. The maximum atomic E-state index is 13.0. The van der Waals surface area contributed by atoms with E-state index in [0.717, 1.165) is 17.7 Å². The van der Waals surface area contributed by atoms with Gasteiger partial charge in [-0.15, -0.1) is 0 Å². The molecule has 0 aliphatic carbocycles. The molecule has 1 N–H and O–H groups in total. The summed E-state index contributed by atoms with van der Waals surface area (Å²) in [5, 5.41) is 3.86. The van der Waals surface area contributed by atoms with E-state index in [1.807, 2.05) is 31.2 Å². The Morgan fingerprint density at radius 1 is 1.22 bits per heavy atom. The van der Waals surface area contributed by atoms with Gasteiger partial charge in [0.1, 0.15) is 5.75 Å². The van der Waals surface area contributed by atoms with Gasteiger partial charge in [0, 0.05) is 23.1 Å². The number of piperidine rings is 1. The van der Waals surface area contributed by atoms with E-state index in [9.17, 15) is 13.2 Å². The number of carbonyl (C=O) groups is 1. The second-order valence-electron chi connectivity index (χ2n) is 7.93. The molecule has 2 atom stereocenters. The normalized spacial score (nSPS) is 18.2. The molecule has 1 amide bonds. The van der Waals surface area contributed by atoms with Gasteiger partial charge in [0.2, 0.25) is 15.9 Å². The zero-order chi connectivity index (χ0) is 23.3. The van der Waals surface area contributed by atoms with Crippen molar-refractivity contribution in [2.45, 2.75) is 38.0 Å². The third-order valence-corrected chi connectivity index (χ3v) is 8.13. The van der Waals surface area contributed by atoms with Crippen LogP contribution in [-0.4, -0.2) is 38.8 Å². The maximum absolute atomic E-state index is 13.0. The van der Waals surface area contributed by atoms with Crippen molar-refractivity contribution in [3.8, 4) is 5.75 Å². The molecule has 0 aromatic heterocycles. The Labute approximate surface area is 199 Å². The molecule has 9 heteroatoms. The van der Waals surface area contributed by atoms with E-state index in [-0.39, 0.29) is 24.2 Å². The number of ether oxygens (including phenoxy) is 1. The highest BCUT2D eigenvalue weighted by atomic mass is 35.5. The molecule has 0 bridgehead atoms. The van der Waals surface area contributed by atoms with Gasteiger partial charge in [-0.1, -0.05) is 48.3 Å². The molecule has 2 aromatic carbocycles. The third kappa shape index (κ3) is 6.16. The quantitative estimate of drug-likeness (QED) is 0.566. The summed E-state index contributed by atoms with van der Waals surface area (Å²) in [6.07, 6.45) is 2.01. The highest BCUT2D eigenvalue weighted by Crippen LogP contribution is 2.27. The lowest BCUT2D eigenvalue weighted by molar-refractivity contribution is -0.126. The Hall–Kier alpha value is -1.80. The molecular weight excluding hydrogens is 471 g/mol. The largest absolute Gasteiger partial charge is 0.497 e. The first-order valence-corrected chi connectivity index (χ1v) is 13.0. The highest BCUT2D eigenvalue weighted by molar-refractivity contribution is 7.88. The number of rotatable bonds is 8. The highest BCUT2D eigenvalue weighted by Gasteiger charge is 2.33. The summed E-state index contributed by atoms with van der Waals surface area (Å²) in [5.41, 5.74) is 1.48. The molecule has 1 aliphatic heterocycles. The molecule has 0 spiro atoms. The molecule has 1 fully saturated rings. The summed E-state index contributed by atoms with van der Waals surface area (Å²) < 4.78 is 32.6. The van der Waals surface area contributed by atoms with E-state index >= 15 is 0 Å². The van der Waals surface area contributed by atoms with E-state index in [0.29, 0.717) is 35.0 Å². The first kappa shape index (κ1) is 24.8. The van der Waals surface area contributed by atoms with Gasteiger partial charge in [0.25, 0.3) is 0 Å². The fraction of sp³-hybridized carbons (Fsp3) is 0.435. The smallest absolute Gasteiger partial charge is 0.224 e. The Morgan fingerprint density at radius 3 is 2.56 bits per heavy atom. The van der Waals surface area contributed by atoms with Crippen LogP contribution < -0.4 is 10.1 Å². The van der Waals surface area contributed by atoms with Gasteiger partial charge >= 0.3 is 0 Å². The lowest BCUT2D eigenvalue weighted by Gasteiger charge is -2.32. The van der Waals surface area contributed by atoms with Crippen molar-refractivity contribution >= 4 is 39.1 Å². The van der Waals surface area contributed by atoms with E-state index in [2.05, 4.69) is 5.32 Å². The summed E-state index contributed by atoms with van der Waals surface area (Å²) >= 11 is 12.1. The monoisotopic (exact) mass is 498 g/mol. The minimum atomic E-state index is -3.62. The Morgan fingerprint density at radius 2 is 1.94 bits per heavy atom. The molecule has 0 unspecified atom stereocenters. The van der Waals surface area contributed by atoms with Gasteiger partial charge in [-0.05, 0) is 54.7 Å². The molecule has 2 aromatic rings. The van der Waals surface area contributed by atoms with E-state index in [1.165, 1.54) is 10.4 Å². The Bertz CT molecular complexity index is 1040. The number of methoxy groups -OCH3 is 1. The molecule has 1 saturated heterocycles. The Balaban J connectivity index is 1.66. The lowest BCUT2D eigenvalue weighted by atomic mass is 9.97. The molecule has 0 saturated carbocycles. The average molecular weight is 499 g/mol. The second kappa shape index (κ2) is 10.9. The first-order chi connectivity index (χ1) is 15.2. The zero-order valence-electron chi connectivity index (χ0n) is 18.2. The van der Waals surface area contributed by atoms with Gasteiger partial charge < -0.3 is 10.1 Å². The van der Waals surface area contributed by atoms with E-state index < -0.39 is 15.9 Å². The van der Waals surface area contributed by atoms with Crippen LogP contribution in [0.4, 0.5) is 0 Å². The van der Waals surface area contributed by atoms with Crippen molar-refractivity contribution < 1.29 is 17.9 Å². The molecule has 1 aliphatic rings. The fourth-order valence-electron chi connectivity index (χ4n) is 3.88. The van der Waals surface area contributed by atoms with Crippen LogP contribution in [0.5, 0.6) is 5.75 Å². The van der Waals surface area contributed by atoms with Crippen LogP contribution in [0, 0.1) is 5.92 Å². The van der Waals surface area contributed by atoms with Crippen molar-refractivity contribution in [3.63, 3.8) is 0 Å². The Kier molecular flexibility index (Phi) is 8.44. The standard InChI is InChI=1S/C23H28Cl2N2O4S/c1-3-22(16-7-10-20(31-2)11-8-16)26-23(28)17-5-4-12-27(14-17)32(29,30)15-18-6-9-19(24)13-21(18)25/h6-11,13,17,22H,3-5,12,14-15H2,1-2H3,(H,26,28)/t17-,22-/m1/s1. The molecule has 6 nitrogen and oxygen atoms in total. The number of hydrogen-bond donors (Lipinski definition) is 1. The van der Waals surface area contributed by atoms with Crippen molar-refractivity contribution in [3.05, 3.63) is 63.6 Å². The number of nitrogens with zero attached hydrogens (tertiary/aromatic N) is 1. The van der Waals surface area contributed by atoms with Crippen LogP contribution in [0.3, 0.4) is 0 Å². The number of carbonyl (C=O) groups excluding carboxylic acids is 1. The van der Waals surface area contributed by atoms with Crippen LogP contribution in [0.2, 0.25) is 10.0 Å². The molecule has 0 radical (unpaired) electrons. The number of hydrogen-bond acceptors (Lipinski definition) is 4. The summed E-state index contributed by atoms with van der Waals surface area (Å²) in [6, 6.07) is 12.2. The summed E-state index contributed by atoms with van der Waals surface area (Å²) in [4.78, 5) is 13.0. The van der Waals surface area contributed by atoms with Crippen LogP contribution in [0.1, 0.15) is 43.4 Å². The summed E-state index contributed by atoms with van der Waals surface area (Å²) in [6.45, 7) is 2.56. The number of halogens is 2. The van der Waals surface area contributed by atoms with Gasteiger partial charge in [0.05, 0.1) is 24.8 Å². The van der Waals surface area contributed by atoms with Crippen LogP contribution in [-0.2, 0) is 20.6 Å². The van der Waals surface area contributed by atoms with Crippen molar-refractivity contribution in [2.24, 2.45) is 5.92 Å². The van der Waals surface area contributed by atoms with Crippen molar-refractivity contribution in [2.75, 3.05) is 20.2 Å². The van der Waals surface area contributed by atoms with Crippen molar-refractivity contribution in [1.29, 1.82) is 0 Å². The predicted octanol–water partition coefficient (Wildman–Crippen LogP) is 4.81. The van der Waals surface area contributed by atoms with Gasteiger partial charge in [-0.3, -0.25) is 4.79 Å². The lowest BCUT2D eigenvalue weighted by Crippen LogP contribution is -2.46. The predicted molar refractivity (Wildman–Crippen MR) is 128 cm³/mol. The zero-order valence-corrected chi connectivity index (χ0v) is 20.5. The summed E-state index contributed by atoms with van der Waals surface area (Å²) in [7, 11) is -2.01. The average Bonchev–Trinajstić information content (AvgIpc) is 2.79. The van der Waals surface area contributed by atoms with Crippen LogP contribution in [0.15, 0.2) is 42.5 Å². The number of amides is 1. The van der Waals surface area contributed by atoms with Gasteiger partial charge in [-0.2, -0.15) is 0 Å². The molecule has 174 valence electrons. The molecule has 1 heterocycles. The van der Waals surface area contributed by atoms with Gasteiger partial charge in [0.15, 0.2) is 0 Å². The minimum absolute atomic E-state index is 0.128.